The van der Waals surface area contributed by atoms with Crippen LogP contribution in [0.25, 0.3) is 0 Å². The van der Waals surface area contributed by atoms with Crippen LogP contribution in [0.3, 0.4) is 0 Å². The number of amidine groups is 1. The number of alkyl halides is 3. The Morgan fingerprint density at radius 1 is 1.35 bits per heavy atom. The summed E-state index contributed by atoms with van der Waals surface area (Å²) in [6, 6.07) is 5.84. The van der Waals surface area contributed by atoms with Crippen molar-refractivity contribution < 1.29 is 26.7 Å². The van der Waals surface area contributed by atoms with E-state index in [1.807, 2.05) is 0 Å². The monoisotopic (exact) mass is 308 g/mol. The minimum atomic E-state index is -4.77. The Morgan fingerprint density at radius 2 is 1.95 bits per heavy atom. The average Bonchev–Trinajstić information content (AvgIpc) is 2.61. The third-order valence-corrected chi connectivity index (χ3v) is 4.12. The molecule has 0 bridgehead atoms. The second-order valence-electron chi connectivity index (χ2n) is 4.32. The van der Waals surface area contributed by atoms with Crippen LogP contribution < -0.4 is 0 Å². The quantitative estimate of drug-likeness (QED) is 0.884. The van der Waals surface area contributed by atoms with E-state index < -0.39 is 28.8 Å². The first-order chi connectivity index (χ1) is 9.13. The molecule has 0 aromatic heterocycles. The molecule has 110 valence electrons. The summed E-state index contributed by atoms with van der Waals surface area (Å²) in [5.74, 6) is -0.107. The smallest absolute Gasteiger partial charge is 0.382 e. The molecular formula is C11H11F3N2O3S. The predicted molar refractivity (Wildman–Crippen MR) is 64.9 cm³/mol. The highest BCUT2D eigenvalue weighted by molar-refractivity contribution is 7.90. The van der Waals surface area contributed by atoms with Gasteiger partial charge in [0.25, 0.3) is 10.0 Å². The number of fused-ring (bicyclic) bond motifs is 1. The van der Waals surface area contributed by atoms with E-state index in [-0.39, 0.29) is 16.3 Å². The topological polar surface area (TPSA) is 70.0 Å². The molecule has 0 saturated heterocycles. The third-order valence-electron chi connectivity index (χ3n) is 2.80. The van der Waals surface area contributed by atoms with Gasteiger partial charge in [0.2, 0.25) is 0 Å². The van der Waals surface area contributed by atoms with Gasteiger partial charge < -0.3 is 10.0 Å². The van der Waals surface area contributed by atoms with E-state index in [9.17, 15) is 21.6 Å². The number of sulfonamides is 1. The second-order valence-corrected chi connectivity index (χ2v) is 5.90. The molecule has 0 saturated carbocycles. The van der Waals surface area contributed by atoms with Gasteiger partial charge >= 0.3 is 6.18 Å². The number of likely N-dealkylation sites (N-methyl/N-ethyl adjacent to an activating group) is 1. The van der Waals surface area contributed by atoms with Crippen LogP contribution in [0.2, 0.25) is 0 Å². The van der Waals surface area contributed by atoms with Crippen molar-refractivity contribution in [2.24, 2.45) is 4.40 Å². The Labute approximate surface area is 113 Å². The van der Waals surface area contributed by atoms with Crippen LogP contribution in [-0.4, -0.2) is 50.1 Å². The Bertz CT molecular complexity index is 655. The fraction of sp³-hybridized carbons (Fsp3) is 0.364. The summed E-state index contributed by atoms with van der Waals surface area (Å²) in [6.45, 7) is -0.799. The molecule has 1 aliphatic heterocycles. The van der Waals surface area contributed by atoms with Gasteiger partial charge in [-0.1, -0.05) is 12.1 Å². The van der Waals surface area contributed by atoms with Crippen LogP contribution in [0.5, 0.6) is 0 Å². The first-order valence-electron chi connectivity index (χ1n) is 5.53. The molecule has 0 aliphatic carbocycles. The number of nitrogens with zero attached hydrogens (tertiary/aromatic N) is 2. The van der Waals surface area contributed by atoms with E-state index in [1.54, 1.807) is 6.07 Å². The number of aliphatic hydroxyl groups excluding tert-OH is 1. The molecule has 20 heavy (non-hydrogen) atoms. The van der Waals surface area contributed by atoms with Gasteiger partial charge in [-0.2, -0.15) is 21.6 Å². The van der Waals surface area contributed by atoms with Crippen LogP contribution >= 0.6 is 0 Å². The van der Waals surface area contributed by atoms with Gasteiger partial charge in [0.1, 0.15) is 4.90 Å². The summed E-state index contributed by atoms with van der Waals surface area (Å²) < 4.78 is 63.9. The molecule has 5 nitrogen and oxygen atoms in total. The van der Waals surface area contributed by atoms with Gasteiger partial charge in [-0.3, -0.25) is 0 Å². The summed E-state index contributed by atoms with van der Waals surface area (Å²) in [5, 5.41) is 9.02. The number of halogens is 3. The zero-order valence-corrected chi connectivity index (χ0v) is 11.1. The van der Waals surface area contributed by atoms with Crippen molar-refractivity contribution in [3.05, 3.63) is 29.8 Å². The fourth-order valence-electron chi connectivity index (χ4n) is 1.81. The molecule has 0 amide bonds. The van der Waals surface area contributed by atoms with E-state index in [0.29, 0.717) is 0 Å². The van der Waals surface area contributed by atoms with E-state index in [2.05, 4.69) is 4.40 Å². The number of rotatable bonds is 2. The SMILES string of the molecule is CN(CC(O)C(F)(F)F)C1=NS(=O)(=O)c2ccccc21. The zero-order chi connectivity index (χ0) is 15.1. The normalized spacial score (nSPS) is 18.4. The Hall–Kier alpha value is -1.61. The second kappa shape index (κ2) is 4.74. The lowest BCUT2D eigenvalue weighted by atomic mass is 10.2. The van der Waals surface area contributed by atoms with Crippen LogP contribution in [-0.2, 0) is 10.0 Å². The summed E-state index contributed by atoms with van der Waals surface area (Å²) >= 11 is 0. The molecule has 1 aromatic carbocycles. The van der Waals surface area contributed by atoms with Gasteiger partial charge in [0, 0.05) is 12.6 Å². The van der Waals surface area contributed by atoms with E-state index in [1.165, 1.54) is 25.2 Å². The molecular weight excluding hydrogens is 297 g/mol. The van der Waals surface area contributed by atoms with Crippen molar-refractivity contribution in [1.29, 1.82) is 0 Å². The summed E-state index contributed by atoms with van der Waals surface area (Å²) in [5.41, 5.74) is 0.226. The molecule has 1 aliphatic rings. The maximum Gasteiger partial charge on any atom is 0.416 e. The van der Waals surface area contributed by atoms with E-state index >= 15 is 0 Å². The molecule has 1 aromatic rings. The fourth-order valence-corrected chi connectivity index (χ4v) is 3.06. The first kappa shape index (κ1) is 14.8. The standard InChI is InChI=1S/C11H11F3N2O3S/c1-16(6-9(17)11(12,13)14)10-7-4-2-3-5-8(7)20(18,19)15-10/h2-5,9,17H,6H2,1H3. The minimum Gasteiger partial charge on any atom is -0.382 e. The van der Waals surface area contributed by atoms with Crippen LogP contribution in [0.15, 0.2) is 33.6 Å². The van der Waals surface area contributed by atoms with Crippen molar-refractivity contribution in [3.63, 3.8) is 0 Å². The highest BCUT2D eigenvalue weighted by Gasteiger charge is 2.40. The first-order valence-corrected chi connectivity index (χ1v) is 6.97. The van der Waals surface area contributed by atoms with Gasteiger partial charge in [0.05, 0.1) is 6.54 Å². The van der Waals surface area contributed by atoms with Crippen LogP contribution in [0.4, 0.5) is 13.2 Å². The zero-order valence-electron chi connectivity index (χ0n) is 10.3. The van der Waals surface area contributed by atoms with Crippen molar-refractivity contribution >= 4 is 15.9 Å². The Morgan fingerprint density at radius 3 is 2.55 bits per heavy atom. The molecule has 9 heteroatoms. The molecule has 1 heterocycles. The molecule has 1 atom stereocenters. The highest BCUT2D eigenvalue weighted by Crippen LogP contribution is 2.28. The predicted octanol–water partition coefficient (Wildman–Crippen LogP) is 0.991. The molecule has 0 radical (unpaired) electrons. The lowest BCUT2D eigenvalue weighted by Crippen LogP contribution is -2.41. The van der Waals surface area contributed by atoms with Gasteiger partial charge in [-0.25, -0.2) is 0 Å². The van der Waals surface area contributed by atoms with E-state index in [4.69, 9.17) is 5.11 Å². The summed E-state index contributed by atoms with van der Waals surface area (Å²) in [6.07, 6.45) is -7.35. The molecule has 0 fully saturated rings. The Kier molecular flexibility index (Phi) is 3.51. The van der Waals surface area contributed by atoms with Crippen molar-refractivity contribution in [2.75, 3.05) is 13.6 Å². The van der Waals surface area contributed by atoms with Gasteiger partial charge in [-0.05, 0) is 12.1 Å². The maximum absolute atomic E-state index is 12.3. The van der Waals surface area contributed by atoms with Crippen LogP contribution in [0.1, 0.15) is 5.56 Å². The summed E-state index contributed by atoms with van der Waals surface area (Å²) in [4.78, 5) is 0.921. The third kappa shape index (κ3) is 2.63. The molecule has 0 spiro atoms. The molecule has 2 rings (SSSR count). The highest BCUT2D eigenvalue weighted by atomic mass is 32.2. The van der Waals surface area contributed by atoms with Crippen LogP contribution in [0, 0.1) is 0 Å². The van der Waals surface area contributed by atoms with E-state index in [0.717, 1.165) is 4.90 Å². The lowest BCUT2D eigenvalue weighted by Gasteiger charge is -2.23. The summed E-state index contributed by atoms with van der Waals surface area (Å²) in [7, 11) is -2.65. The van der Waals surface area contributed by atoms with Gasteiger partial charge in [-0.15, -0.1) is 4.40 Å². The molecule has 1 N–H and O–H groups in total. The lowest BCUT2D eigenvalue weighted by molar-refractivity contribution is -0.205. The minimum absolute atomic E-state index is 0.0525. The number of aliphatic hydroxyl groups is 1. The number of hydrogen-bond donors (Lipinski definition) is 1. The van der Waals surface area contributed by atoms with Gasteiger partial charge in [0.15, 0.2) is 11.9 Å². The molecule has 1 unspecified atom stereocenters. The number of benzene rings is 1. The average molecular weight is 308 g/mol. The van der Waals surface area contributed by atoms with Crippen molar-refractivity contribution in [1.82, 2.24) is 4.90 Å². The largest absolute Gasteiger partial charge is 0.416 e. The van der Waals surface area contributed by atoms with Crippen molar-refractivity contribution in [3.8, 4) is 0 Å². The number of hydrogen-bond acceptors (Lipinski definition) is 4. The maximum atomic E-state index is 12.3. The Balaban J connectivity index is 2.31. The van der Waals surface area contributed by atoms with Crippen molar-refractivity contribution in [2.45, 2.75) is 17.2 Å².